The maximum absolute atomic E-state index is 11.2. The van der Waals surface area contributed by atoms with E-state index < -0.39 is 10.0 Å². The second-order valence-electron chi connectivity index (χ2n) is 5.61. The highest BCUT2D eigenvalue weighted by Crippen LogP contribution is 2.26. The van der Waals surface area contributed by atoms with Crippen molar-refractivity contribution in [3.8, 4) is 11.3 Å². The molecule has 0 spiro atoms. The van der Waals surface area contributed by atoms with Gasteiger partial charge in [-0.05, 0) is 55.0 Å². The lowest BCUT2D eigenvalue weighted by Gasteiger charge is -2.02. The van der Waals surface area contributed by atoms with Crippen molar-refractivity contribution >= 4 is 33.5 Å². The standard InChI is InChI=1S/C18H16ClN3O3S/c1-12-2-3-13(10-17(12)19)18-9-6-15(25-18)11-21-22-14-4-7-16(8-5-14)26(20,23)24/h2-11,22H,1H3,(H2,20,23,24)/b21-11-. The Morgan fingerprint density at radius 1 is 1.12 bits per heavy atom. The van der Waals surface area contributed by atoms with Crippen molar-refractivity contribution in [2.75, 3.05) is 5.43 Å². The van der Waals surface area contributed by atoms with Crippen LogP contribution in [0.15, 0.2) is 69.0 Å². The zero-order valence-corrected chi connectivity index (χ0v) is 15.4. The molecule has 0 radical (unpaired) electrons. The predicted molar refractivity (Wildman–Crippen MR) is 103 cm³/mol. The van der Waals surface area contributed by atoms with E-state index in [-0.39, 0.29) is 4.90 Å². The van der Waals surface area contributed by atoms with Crippen LogP contribution in [-0.4, -0.2) is 14.6 Å². The first-order chi connectivity index (χ1) is 12.3. The number of sulfonamides is 1. The number of halogens is 1. The first-order valence-corrected chi connectivity index (χ1v) is 9.54. The molecule has 26 heavy (non-hydrogen) atoms. The number of primary sulfonamides is 1. The lowest BCUT2D eigenvalue weighted by atomic mass is 10.1. The van der Waals surface area contributed by atoms with Gasteiger partial charge < -0.3 is 4.42 Å². The molecule has 0 saturated heterocycles. The molecule has 6 nitrogen and oxygen atoms in total. The van der Waals surface area contributed by atoms with Crippen molar-refractivity contribution in [2.45, 2.75) is 11.8 Å². The number of hydrazone groups is 1. The Hall–Kier alpha value is -2.61. The molecule has 0 fully saturated rings. The minimum atomic E-state index is -3.70. The third kappa shape index (κ3) is 4.32. The largest absolute Gasteiger partial charge is 0.455 e. The Balaban J connectivity index is 1.68. The molecule has 134 valence electrons. The highest BCUT2D eigenvalue weighted by atomic mass is 35.5. The van der Waals surface area contributed by atoms with E-state index in [9.17, 15) is 8.42 Å². The van der Waals surface area contributed by atoms with E-state index in [1.807, 2.05) is 31.2 Å². The van der Waals surface area contributed by atoms with Crippen LogP contribution in [0.25, 0.3) is 11.3 Å². The van der Waals surface area contributed by atoms with Gasteiger partial charge in [0, 0.05) is 10.6 Å². The quantitative estimate of drug-likeness (QED) is 0.509. The first kappa shape index (κ1) is 18.2. The molecule has 0 saturated carbocycles. The average molecular weight is 390 g/mol. The summed E-state index contributed by atoms with van der Waals surface area (Å²) >= 11 is 6.14. The number of nitrogens with zero attached hydrogens (tertiary/aromatic N) is 1. The maximum atomic E-state index is 11.2. The highest BCUT2D eigenvalue weighted by Gasteiger charge is 2.07. The van der Waals surface area contributed by atoms with E-state index in [1.54, 1.807) is 18.2 Å². The van der Waals surface area contributed by atoms with Crippen LogP contribution in [0.4, 0.5) is 5.69 Å². The minimum absolute atomic E-state index is 0.0412. The Kier molecular flexibility index (Phi) is 5.13. The Bertz CT molecular complexity index is 1060. The van der Waals surface area contributed by atoms with Gasteiger partial charge >= 0.3 is 0 Å². The predicted octanol–water partition coefficient (Wildman–Crippen LogP) is 4.00. The van der Waals surface area contributed by atoms with Crippen LogP contribution in [-0.2, 0) is 10.0 Å². The molecule has 0 aliphatic heterocycles. The van der Waals surface area contributed by atoms with Crippen LogP contribution >= 0.6 is 11.6 Å². The van der Waals surface area contributed by atoms with Gasteiger partial charge in [-0.1, -0.05) is 23.7 Å². The molecule has 3 aromatic rings. The normalized spacial score (nSPS) is 11.8. The summed E-state index contributed by atoms with van der Waals surface area (Å²) in [6.07, 6.45) is 1.52. The Morgan fingerprint density at radius 3 is 2.50 bits per heavy atom. The lowest BCUT2D eigenvalue weighted by molar-refractivity contribution is 0.575. The van der Waals surface area contributed by atoms with Gasteiger partial charge in [0.05, 0.1) is 16.8 Å². The molecule has 8 heteroatoms. The number of aryl methyl sites for hydroxylation is 1. The number of rotatable bonds is 5. The van der Waals surface area contributed by atoms with Crippen LogP contribution in [0, 0.1) is 6.92 Å². The highest BCUT2D eigenvalue weighted by molar-refractivity contribution is 7.89. The summed E-state index contributed by atoms with van der Waals surface area (Å²) in [6.45, 7) is 1.94. The second kappa shape index (κ2) is 7.33. The van der Waals surface area contributed by atoms with Gasteiger partial charge in [0.2, 0.25) is 10.0 Å². The minimum Gasteiger partial charge on any atom is -0.455 e. The number of furan rings is 1. The van der Waals surface area contributed by atoms with Crippen molar-refractivity contribution in [2.24, 2.45) is 10.2 Å². The molecule has 1 heterocycles. The molecule has 0 aliphatic carbocycles. The van der Waals surface area contributed by atoms with E-state index in [2.05, 4.69) is 10.5 Å². The van der Waals surface area contributed by atoms with Crippen LogP contribution in [0.3, 0.4) is 0 Å². The van der Waals surface area contributed by atoms with Crippen molar-refractivity contribution in [1.29, 1.82) is 0 Å². The Morgan fingerprint density at radius 2 is 1.85 bits per heavy atom. The van der Waals surface area contributed by atoms with Crippen LogP contribution < -0.4 is 10.6 Å². The number of nitrogens with one attached hydrogen (secondary N) is 1. The molecule has 3 rings (SSSR count). The fraction of sp³-hybridized carbons (Fsp3) is 0.0556. The summed E-state index contributed by atoms with van der Waals surface area (Å²) in [7, 11) is -3.70. The summed E-state index contributed by atoms with van der Waals surface area (Å²) in [5, 5.41) is 9.80. The number of hydrogen-bond acceptors (Lipinski definition) is 5. The van der Waals surface area contributed by atoms with E-state index in [4.69, 9.17) is 21.2 Å². The smallest absolute Gasteiger partial charge is 0.238 e. The summed E-state index contributed by atoms with van der Waals surface area (Å²) in [5.74, 6) is 1.25. The topological polar surface area (TPSA) is 97.7 Å². The van der Waals surface area contributed by atoms with Gasteiger partial charge in [-0.15, -0.1) is 0 Å². The molecule has 1 aromatic heterocycles. The molecule has 2 aromatic carbocycles. The SMILES string of the molecule is Cc1ccc(-c2ccc(/C=N\Nc3ccc(S(N)(=O)=O)cc3)o2)cc1Cl. The number of benzene rings is 2. The fourth-order valence-electron chi connectivity index (χ4n) is 2.21. The third-order valence-corrected chi connectivity index (χ3v) is 4.99. The summed E-state index contributed by atoms with van der Waals surface area (Å²) in [6, 6.07) is 15.3. The number of hydrogen-bond donors (Lipinski definition) is 2. The third-order valence-electron chi connectivity index (χ3n) is 3.65. The lowest BCUT2D eigenvalue weighted by Crippen LogP contribution is -2.11. The molecular weight excluding hydrogens is 374 g/mol. The second-order valence-corrected chi connectivity index (χ2v) is 7.57. The van der Waals surface area contributed by atoms with E-state index in [0.29, 0.717) is 22.2 Å². The van der Waals surface area contributed by atoms with Crippen molar-refractivity contribution < 1.29 is 12.8 Å². The van der Waals surface area contributed by atoms with Crippen LogP contribution in [0.5, 0.6) is 0 Å². The molecule has 3 N–H and O–H groups in total. The van der Waals surface area contributed by atoms with Crippen LogP contribution in [0.2, 0.25) is 5.02 Å². The zero-order chi connectivity index (χ0) is 18.7. The average Bonchev–Trinajstić information content (AvgIpc) is 3.06. The van der Waals surface area contributed by atoms with E-state index in [0.717, 1.165) is 11.1 Å². The first-order valence-electron chi connectivity index (χ1n) is 7.61. The van der Waals surface area contributed by atoms with Crippen molar-refractivity contribution in [3.63, 3.8) is 0 Å². The number of anilines is 1. The maximum Gasteiger partial charge on any atom is 0.238 e. The van der Waals surface area contributed by atoms with Gasteiger partial charge in [-0.2, -0.15) is 5.10 Å². The van der Waals surface area contributed by atoms with Gasteiger partial charge in [0.15, 0.2) is 0 Å². The molecule has 0 unspecified atom stereocenters. The van der Waals surface area contributed by atoms with Crippen molar-refractivity contribution in [1.82, 2.24) is 0 Å². The Labute approximate surface area is 156 Å². The van der Waals surface area contributed by atoms with Gasteiger partial charge in [0.25, 0.3) is 0 Å². The van der Waals surface area contributed by atoms with E-state index >= 15 is 0 Å². The monoisotopic (exact) mass is 389 g/mol. The summed E-state index contributed by atoms with van der Waals surface area (Å²) in [4.78, 5) is 0.0412. The molecule has 0 atom stereocenters. The molecule has 0 bridgehead atoms. The zero-order valence-electron chi connectivity index (χ0n) is 13.8. The van der Waals surface area contributed by atoms with Crippen molar-refractivity contribution in [3.05, 3.63) is 70.9 Å². The van der Waals surface area contributed by atoms with Gasteiger partial charge in [0.1, 0.15) is 11.5 Å². The summed E-state index contributed by atoms with van der Waals surface area (Å²) in [5.41, 5.74) is 5.29. The molecular formula is C18H16ClN3O3S. The number of nitrogens with two attached hydrogens (primary N) is 1. The molecule has 0 aliphatic rings. The van der Waals surface area contributed by atoms with E-state index in [1.165, 1.54) is 18.3 Å². The fourth-order valence-corrected chi connectivity index (χ4v) is 2.91. The van der Waals surface area contributed by atoms with Crippen LogP contribution in [0.1, 0.15) is 11.3 Å². The molecule has 0 amide bonds. The van der Waals surface area contributed by atoms with Gasteiger partial charge in [-0.3, -0.25) is 5.43 Å². The summed E-state index contributed by atoms with van der Waals surface area (Å²) < 4.78 is 28.1. The van der Waals surface area contributed by atoms with Gasteiger partial charge in [-0.25, -0.2) is 13.6 Å².